The van der Waals surface area contributed by atoms with E-state index in [2.05, 4.69) is 60.0 Å². The summed E-state index contributed by atoms with van der Waals surface area (Å²) in [5.41, 5.74) is 5.95. The number of aryl methyl sites for hydroxylation is 1. The highest BCUT2D eigenvalue weighted by molar-refractivity contribution is 7.80. The second-order valence-corrected chi connectivity index (χ2v) is 8.15. The molecule has 3 aromatic carbocycles. The van der Waals surface area contributed by atoms with Crippen molar-refractivity contribution in [3.05, 3.63) is 88.2 Å². The molecule has 2 N–H and O–H groups in total. The Morgan fingerprint density at radius 3 is 2.53 bits per heavy atom. The van der Waals surface area contributed by atoms with Crippen molar-refractivity contribution in [1.29, 1.82) is 0 Å². The van der Waals surface area contributed by atoms with Crippen LogP contribution < -0.4 is 10.6 Å². The quantitative estimate of drug-likeness (QED) is 0.361. The van der Waals surface area contributed by atoms with E-state index in [-0.39, 0.29) is 0 Å². The minimum absolute atomic E-state index is 0.510. The highest BCUT2D eigenvalue weighted by Crippen LogP contribution is 2.26. The largest absolute Gasteiger partial charge is 0.332 e. The first-order valence-corrected chi connectivity index (χ1v) is 10.6. The molecule has 0 aliphatic carbocycles. The fraction of sp³-hybridized carbons (Fsp3) is 0.167. The van der Waals surface area contributed by atoms with Crippen LogP contribution >= 0.6 is 23.8 Å². The van der Waals surface area contributed by atoms with Gasteiger partial charge in [0.15, 0.2) is 5.11 Å². The van der Waals surface area contributed by atoms with Gasteiger partial charge in [-0.1, -0.05) is 60.1 Å². The number of anilines is 2. The van der Waals surface area contributed by atoms with E-state index in [0.29, 0.717) is 16.7 Å². The molecular weight excluding hydrogens is 412 g/mol. The summed E-state index contributed by atoms with van der Waals surface area (Å²) in [6.07, 6.45) is 0. The second kappa shape index (κ2) is 8.46. The van der Waals surface area contributed by atoms with E-state index < -0.39 is 0 Å². The van der Waals surface area contributed by atoms with Crippen LogP contribution in [-0.2, 0) is 6.54 Å². The molecule has 0 amide bonds. The number of nitrogens with one attached hydrogen (secondary N) is 2. The Morgan fingerprint density at radius 1 is 0.967 bits per heavy atom. The molecule has 152 valence electrons. The van der Waals surface area contributed by atoms with Gasteiger partial charge in [0.25, 0.3) is 0 Å². The number of hydrogen-bond acceptors (Lipinski definition) is 2. The van der Waals surface area contributed by atoms with Crippen LogP contribution in [0.25, 0.3) is 10.8 Å². The minimum Gasteiger partial charge on any atom is -0.332 e. The van der Waals surface area contributed by atoms with Crippen LogP contribution in [0.1, 0.15) is 22.5 Å². The summed E-state index contributed by atoms with van der Waals surface area (Å²) in [4.78, 5) is 0. The zero-order chi connectivity index (χ0) is 21.3. The van der Waals surface area contributed by atoms with Crippen molar-refractivity contribution in [2.24, 2.45) is 0 Å². The average Bonchev–Trinajstić information content (AvgIpc) is 2.99. The summed E-state index contributed by atoms with van der Waals surface area (Å²) >= 11 is 11.8. The summed E-state index contributed by atoms with van der Waals surface area (Å²) < 4.78 is 2.02. The Balaban J connectivity index is 1.56. The van der Waals surface area contributed by atoms with E-state index >= 15 is 0 Å². The molecule has 6 heteroatoms. The monoisotopic (exact) mass is 434 g/mol. The van der Waals surface area contributed by atoms with Gasteiger partial charge in [0.2, 0.25) is 0 Å². The molecule has 4 aromatic rings. The highest BCUT2D eigenvalue weighted by Gasteiger charge is 2.14. The molecule has 0 unspecified atom stereocenters. The number of nitrogens with zero attached hydrogens (tertiary/aromatic N) is 2. The number of thiocarbonyl (C=S) groups is 1. The lowest BCUT2D eigenvalue weighted by molar-refractivity contribution is 0.662. The fourth-order valence-electron chi connectivity index (χ4n) is 3.63. The Hall–Kier alpha value is -2.89. The van der Waals surface area contributed by atoms with Crippen LogP contribution in [-0.4, -0.2) is 14.9 Å². The first kappa shape index (κ1) is 20.4. The normalized spacial score (nSPS) is 10.9. The summed E-state index contributed by atoms with van der Waals surface area (Å²) in [7, 11) is 0. The van der Waals surface area contributed by atoms with E-state index in [9.17, 15) is 0 Å². The van der Waals surface area contributed by atoms with Crippen molar-refractivity contribution in [2.45, 2.75) is 27.3 Å². The van der Waals surface area contributed by atoms with Gasteiger partial charge in [-0.05, 0) is 67.0 Å². The fourth-order valence-corrected chi connectivity index (χ4v) is 4.02. The van der Waals surface area contributed by atoms with E-state index in [1.165, 1.54) is 16.3 Å². The van der Waals surface area contributed by atoms with Gasteiger partial charge >= 0.3 is 0 Å². The molecule has 4 nitrogen and oxygen atoms in total. The van der Waals surface area contributed by atoms with Crippen molar-refractivity contribution < 1.29 is 0 Å². The summed E-state index contributed by atoms with van der Waals surface area (Å²) in [5.74, 6) is 0. The molecule has 1 heterocycles. The number of benzene rings is 3. The molecule has 4 rings (SSSR count). The van der Waals surface area contributed by atoms with Gasteiger partial charge in [0.05, 0.1) is 23.6 Å². The maximum atomic E-state index is 6.21. The third-order valence-corrected chi connectivity index (χ3v) is 5.95. The first-order valence-electron chi connectivity index (χ1n) is 9.78. The number of fused-ring (bicyclic) bond motifs is 1. The zero-order valence-electron chi connectivity index (χ0n) is 17.2. The predicted octanol–water partition coefficient (Wildman–Crippen LogP) is 6.47. The van der Waals surface area contributed by atoms with Crippen LogP contribution in [0, 0.1) is 20.8 Å². The van der Waals surface area contributed by atoms with Crippen molar-refractivity contribution in [3.8, 4) is 0 Å². The molecule has 0 bridgehead atoms. The molecule has 0 atom stereocenters. The first-order chi connectivity index (χ1) is 14.4. The van der Waals surface area contributed by atoms with Gasteiger partial charge in [0, 0.05) is 10.7 Å². The van der Waals surface area contributed by atoms with Crippen LogP contribution in [0.2, 0.25) is 5.02 Å². The number of hydrogen-bond donors (Lipinski definition) is 2. The Bertz CT molecular complexity index is 1240. The van der Waals surface area contributed by atoms with Gasteiger partial charge in [-0.3, -0.25) is 4.68 Å². The standard InChI is InChI=1S/C24H23ClN4S/c1-15-21(25)12-7-13-22(15)26-24(30)27-23-16(2)28-29(17(23)3)14-19-10-6-9-18-8-4-5-11-20(18)19/h4-13H,14H2,1-3H3,(H2,26,27,30). The van der Waals surface area contributed by atoms with Crippen LogP contribution in [0.4, 0.5) is 11.4 Å². The lowest BCUT2D eigenvalue weighted by atomic mass is 10.0. The van der Waals surface area contributed by atoms with Gasteiger partial charge in [-0.25, -0.2) is 0 Å². The molecule has 0 radical (unpaired) electrons. The SMILES string of the molecule is Cc1nn(Cc2cccc3ccccc23)c(C)c1NC(=S)Nc1cccc(Cl)c1C. The molecule has 30 heavy (non-hydrogen) atoms. The smallest absolute Gasteiger partial charge is 0.175 e. The van der Waals surface area contributed by atoms with Crippen molar-refractivity contribution in [3.63, 3.8) is 0 Å². The van der Waals surface area contributed by atoms with Gasteiger partial charge in [-0.15, -0.1) is 0 Å². The third-order valence-electron chi connectivity index (χ3n) is 5.34. The second-order valence-electron chi connectivity index (χ2n) is 7.33. The average molecular weight is 435 g/mol. The van der Waals surface area contributed by atoms with Gasteiger partial charge in [-0.2, -0.15) is 5.10 Å². The third kappa shape index (κ3) is 4.04. The van der Waals surface area contributed by atoms with Crippen LogP contribution in [0.15, 0.2) is 60.7 Å². The lowest BCUT2D eigenvalue weighted by Gasteiger charge is -2.14. The summed E-state index contributed by atoms with van der Waals surface area (Å²) in [6.45, 7) is 6.71. The molecule has 0 aliphatic heterocycles. The van der Waals surface area contributed by atoms with Gasteiger partial charge < -0.3 is 10.6 Å². The molecule has 0 saturated carbocycles. The van der Waals surface area contributed by atoms with Crippen molar-refractivity contribution in [1.82, 2.24) is 9.78 Å². The molecule has 0 saturated heterocycles. The summed E-state index contributed by atoms with van der Waals surface area (Å²) in [5, 5.41) is 15.0. The van der Waals surface area contributed by atoms with Crippen LogP contribution in [0.3, 0.4) is 0 Å². The molecule has 0 spiro atoms. The van der Waals surface area contributed by atoms with E-state index in [1.807, 2.05) is 36.7 Å². The van der Waals surface area contributed by atoms with E-state index in [4.69, 9.17) is 28.9 Å². The molecule has 0 aliphatic rings. The molecule has 1 aromatic heterocycles. The zero-order valence-corrected chi connectivity index (χ0v) is 18.7. The minimum atomic E-state index is 0.510. The number of halogens is 1. The van der Waals surface area contributed by atoms with Crippen molar-refractivity contribution in [2.75, 3.05) is 10.6 Å². The topological polar surface area (TPSA) is 41.9 Å². The Morgan fingerprint density at radius 2 is 1.70 bits per heavy atom. The lowest BCUT2D eigenvalue weighted by Crippen LogP contribution is -2.20. The van der Waals surface area contributed by atoms with E-state index in [0.717, 1.165) is 28.3 Å². The maximum Gasteiger partial charge on any atom is 0.175 e. The van der Waals surface area contributed by atoms with Gasteiger partial charge in [0.1, 0.15) is 0 Å². The Labute approximate surface area is 186 Å². The number of aromatic nitrogens is 2. The van der Waals surface area contributed by atoms with Crippen LogP contribution in [0.5, 0.6) is 0 Å². The van der Waals surface area contributed by atoms with E-state index in [1.54, 1.807) is 0 Å². The predicted molar refractivity (Wildman–Crippen MR) is 131 cm³/mol. The maximum absolute atomic E-state index is 6.21. The highest BCUT2D eigenvalue weighted by atomic mass is 35.5. The number of rotatable bonds is 4. The molecular formula is C24H23ClN4S. The van der Waals surface area contributed by atoms with Crippen molar-refractivity contribution >= 4 is 51.1 Å². The molecule has 0 fully saturated rings. The Kier molecular flexibility index (Phi) is 5.75. The summed E-state index contributed by atoms with van der Waals surface area (Å²) in [6, 6.07) is 20.5.